The summed E-state index contributed by atoms with van der Waals surface area (Å²) in [6.07, 6.45) is 0. The van der Waals surface area contributed by atoms with Crippen molar-refractivity contribution in [3.8, 4) is 0 Å². The van der Waals surface area contributed by atoms with Gasteiger partial charge in [0.25, 0.3) is 0 Å². The molecule has 0 aliphatic carbocycles. The molecule has 0 rings (SSSR count). The van der Waals surface area contributed by atoms with Crippen LogP contribution >= 0.6 is 0 Å². The number of halogens is 1. The third-order valence-corrected chi connectivity index (χ3v) is 1.75. The van der Waals surface area contributed by atoms with Gasteiger partial charge in [-0.2, -0.15) is 0 Å². The van der Waals surface area contributed by atoms with Crippen LogP contribution in [0, 0.1) is 6.55 Å². The first-order chi connectivity index (χ1) is 3.71. The van der Waals surface area contributed by atoms with E-state index in [9.17, 15) is 0 Å². The summed E-state index contributed by atoms with van der Waals surface area (Å²) < 4.78 is 5.65. The maximum atomic E-state index is 5.65. The Labute approximate surface area is 94.0 Å². The largest absolute Gasteiger partial charge is 2.00 e. The standard InChI is InChI=1S/C7H17OSi.ClH.Mg/c1-7(2,3)8-9(4,5)6;;/h4H2,1-3,5-6H3;1H;/q-1;;+2/p-1. The van der Waals surface area contributed by atoms with E-state index in [1.54, 1.807) is 0 Å². The van der Waals surface area contributed by atoms with Crippen LogP contribution in [0.25, 0.3) is 0 Å². The van der Waals surface area contributed by atoms with Gasteiger partial charge in [0.2, 0.25) is 0 Å². The summed E-state index contributed by atoms with van der Waals surface area (Å²) in [4.78, 5) is 0. The Bertz CT molecular complexity index is 83.6. The smallest absolute Gasteiger partial charge is 1.00 e. The average Bonchev–Trinajstić information content (AvgIpc) is 1.14. The van der Waals surface area contributed by atoms with Crippen LogP contribution in [0.5, 0.6) is 0 Å². The molecule has 4 heteroatoms. The summed E-state index contributed by atoms with van der Waals surface area (Å²) in [6, 6.07) is 0. The third kappa shape index (κ3) is 18.3. The van der Waals surface area contributed by atoms with Crippen LogP contribution in [0.15, 0.2) is 0 Å². The Morgan fingerprint density at radius 3 is 1.45 bits per heavy atom. The molecular formula is C7H17ClMgOSi. The first-order valence-corrected chi connectivity index (χ1v) is 6.38. The SMILES string of the molecule is [CH2-][Si](C)(C)OC(C)(C)C.[Cl-].[Mg+2]. The van der Waals surface area contributed by atoms with Gasteiger partial charge in [0.05, 0.1) is 0 Å². The summed E-state index contributed by atoms with van der Waals surface area (Å²) in [5, 5.41) is 0. The Morgan fingerprint density at radius 2 is 1.45 bits per heavy atom. The van der Waals surface area contributed by atoms with Crippen LogP contribution in [0.2, 0.25) is 13.1 Å². The summed E-state index contributed by atoms with van der Waals surface area (Å²) in [5.41, 5.74) is -0.0164. The predicted octanol–water partition coefficient (Wildman–Crippen LogP) is -0.997. The Morgan fingerprint density at radius 1 is 1.18 bits per heavy atom. The van der Waals surface area contributed by atoms with Gasteiger partial charge in [-0.15, -0.1) is 0 Å². The van der Waals surface area contributed by atoms with Gasteiger partial charge in [0, 0.05) is 13.9 Å². The molecule has 0 spiro atoms. The normalized spacial score (nSPS) is 11.5. The molecule has 0 bridgehead atoms. The first kappa shape index (κ1) is 18.1. The molecule has 0 aromatic heterocycles. The van der Waals surface area contributed by atoms with Gasteiger partial charge in [-0.25, -0.2) is 0 Å². The quantitative estimate of drug-likeness (QED) is 0.394. The van der Waals surface area contributed by atoms with E-state index in [-0.39, 0.29) is 41.1 Å². The van der Waals surface area contributed by atoms with E-state index in [2.05, 4.69) is 40.4 Å². The molecule has 0 fully saturated rings. The van der Waals surface area contributed by atoms with Crippen molar-refractivity contribution in [1.82, 2.24) is 0 Å². The molecule has 0 heterocycles. The molecule has 0 aliphatic rings. The second-order valence-corrected chi connectivity index (χ2v) is 7.70. The van der Waals surface area contributed by atoms with Crippen molar-refractivity contribution in [2.75, 3.05) is 0 Å². The van der Waals surface area contributed by atoms with Crippen molar-refractivity contribution in [2.24, 2.45) is 0 Å². The topological polar surface area (TPSA) is 9.23 Å². The van der Waals surface area contributed by atoms with Crippen LogP contribution in [0.4, 0.5) is 0 Å². The molecule has 0 atom stereocenters. The molecule has 0 aliphatic heterocycles. The molecule has 0 unspecified atom stereocenters. The van der Waals surface area contributed by atoms with E-state index in [0.29, 0.717) is 0 Å². The zero-order valence-corrected chi connectivity index (χ0v) is 11.4. The molecule has 0 N–H and O–H groups in total. The van der Waals surface area contributed by atoms with Crippen molar-refractivity contribution in [3.05, 3.63) is 6.55 Å². The second-order valence-electron chi connectivity index (χ2n) is 3.97. The molecule has 0 saturated carbocycles. The minimum Gasteiger partial charge on any atom is -1.00 e. The maximum Gasteiger partial charge on any atom is 2.00 e. The minimum atomic E-state index is -1.54. The summed E-state index contributed by atoms with van der Waals surface area (Å²) in [6.45, 7) is 14.4. The summed E-state index contributed by atoms with van der Waals surface area (Å²) >= 11 is 0. The molecular weight excluding hydrogens is 188 g/mol. The van der Waals surface area contributed by atoms with E-state index in [1.807, 2.05) is 0 Å². The summed E-state index contributed by atoms with van der Waals surface area (Å²) in [7, 11) is -1.54. The molecule has 0 aromatic rings. The van der Waals surface area contributed by atoms with Crippen molar-refractivity contribution in [3.63, 3.8) is 0 Å². The predicted molar refractivity (Wildman–Crippen MR) is 49.4 cm³/mol. The number of rotatable bonds is 1. The summed E-state index contributed by atoms with van der Waals surface area (Å²) in [5.74, 6) is 0. The monoisotopic (exact) mass is 204 g/mol. The van der Waals surface area contributed by atoms with Gasteiger partial charge < -0.3 is 23.4 Å². The van der Waals surface area contributed by atoms with Gasteiger partial charge in [-0.3, -0.25) is 0 Å². The van der Waals surface area contributed by atoms with Gasteiger partial charge in [-0.1, -0.05) is 13.1 Å². The van der Waals surface area contributed by atoms with Crippen molar-refractivity contribution in [1.29, 1.82) is 0 Å². The van der Waals surface area contributed by atoms with Crippen LogP contribution in [-0.4, -0.2) is 37.0 Å². The van der Waals surface area contributed by atoms with Gasteiger partial charge >= 0.3 is 23.1 Å². The van der Waals surface area contributed by atoms with Crippen molar-refractivity contribution in [2.45, 2.75) is 39.5 Å². The molecule has 0 radical (unpaired) electrons. The third-order valence-electron chi connectivity index (χ3n) is 0.582. The van der Waals surface area contributed by atoms with Crippen LogP contribution in [0.1, 0.15) is 20.8 Å². The van der Waals surface area contributed by atoms with Gasteiger partial charge in [0.15, 0.2) is 0 Å². The molecule has 0 amide bonds. The van der Waals surface area contributed by atoms with Gasteiger partial charge in [0.1, 0.15) is 0 Å². The Hall–Kier alpha value is 1.23. The second kappa shape index (κ2) is 5.81. The first-order valence-electron chi connectivity index (χ1n) is 3.26. The van der Waals surface area contributed by atoms with Gasteiger partial charge in [-0.05, 0) is 20.8 Å². The fraction of sp³-hybridized carbons (Fsp3) is 0.857. The minimum absolute atomic E-state index is 0. The van der Waals surface area contributed by atoms with E-state index in [4.69, 9.17) is 4.43 Å². The zero-order valence-electron chi connectivity index (χ0n) is 8.20. The number of hydrogen-bond donors (Lipinski definition) is 0. The van der Waals surface area contributed by atoms with Crippen molar-refractivity contribution < 1.29 is 16.8 Å². The molecule has 0 saturated heterocycles. The Balaban J connectivity index is -0.000000320. The average molecular weight is 205 g/mol. The van der Waals surface area contributed by atoms with E-state index in [1.165, 1.54) is 0 Å². The molecule has 64 valence electrons. The fourth-order valence-electron chi connectivity index (χ4n) is 0.829. The van der Waals surface area contributed by atoms with Crippen LogP contribution in [-0.2, 0) is 4.43 Å². The van der Waals surface area contributed by atoms with Crippen LogP contribution < -0.4 is 12.4 Å². The molecule has 0 aromatic carbocycles. The molecule has 1 nitrogen and oxygen atoms in total. The Kier molecular flexibility index (Phi) is 9.56. The van der Waals surface area contributed by atoms with E-state index >= 15 is 0 Å². The van der Waals surface area contributed by atoms with Crippen molar-refractivity contribution >= 4 is 31.4 Å². The maximum absolute atomic E-state index is 5.65. The van der Waals surface area contributed by atoms with E-state index in [0.717, 1.165) is 0 Å². The van der Waals surface area contributed by atoms with Crippen LogP contribution in [0.3, 0.4) is 0 Å². The zero-order chi connectivity index (χ0) is 7.71. The number of hydrogen-bond acceptors (Lipinski definition) is 1. The fourth-order valence-corrected chi connectivity index (χ4v) is 2.49. The molecule has 11 heavy (non-hydrogen) atoms. The van der Waals surface area contributed by atoms with E-state index < -0.39 is 8.32 Å².